The largest absolute Gasteiger partial charge is 0.394 e. The fraction of sp³-hybridized carbons (Fsp3) is 0.615. The van der Waals surface area contributed by atoms with E-state index in [-0.39, 0.29) is 12.6 Å². The Bertz CT molecular complexity index is 705. The Morgan fingerprint density at radius 1 is 1.43 bits per heavy atom. The van der Waals surface area contributed by atoms with Crippen LogP contribution in [0.2, 0.25) is 0 Å². The molecule has 0 aliphatic carbocycles. The minimum atomic E-state index is -0.958. The van der Waals surface area contributed by atoms with Gasteiger partial charge in [0.1, 0.15) is 18.3 Å². The van der Waals surface area contributed by atoms with Crippen LogP contribution in [0.5, 0.6) is 0 Å². The fourth-order valence-corrected chi connectivity index (χ4v) is 2.76. The third kappa shape index (κ3) is 2.49. The first kappa shape index (κ1) is 15.9. The lowest BCUT2D eigenvalue weighted by Gasteiger charge is -2.20. The third-order valence-electron chi connectivity index (χ3n) is 3.88. The van der Waals surface area contributed by atoms with Gasteiger partial charge in [-0.3, -0.25) is 4.57 Å². The van der Waals surface area contributed by atoms with Crippen molar-refractivity contribution >= 4 is 22.9 Å². The molecule has 0 saturated carbocycles. The maximum absolute atomic E-state index is 10.2. The SMILES string of the molecule is CO[C@@H]1[C@H](O)[C@@H](CO)O[C@H]1n1cnc2c(N(C)C)nc(N)nc21. The highest BCUT2D eigenvalue weighted by atomic mass is 16.6. The third-order valence-corrected chi connectivity index (χ3v) is 3.88. The number of ether oxygens (including phenoxy) is 2. The van der Waals surface area contributed by atoms with Crippen LogP contribution in [-0.2, 0) is 9.47 Å². The number of nitrogen functional groups attached to an aromatic ring is 1. The van der Waals surface area contributed by atoms with E-state index in [4.69, 9.17) is 15.2 Å². The summed E-state index contributed by atoms with van der Waals surface area (Å²) in [6.07, 6.45) is -1.51. The Balaban J connectivity index is 2.10. The first-order valence-electron chi connectivity index (χ1n) is 7.12. The average molecular weight is 324 g/mol. The molecule has 0 radical (unpaired) electrons. The van der Waals surface area contributed by atoms with Crippen molar-refractivity contribution in [1.29, 1.82) is 0 Å². The van der Waals surface area contributed by atoms with Crippen molar-refractivity contribution in [3.05, 3.63) is 6.33 Å². The predicted octanol–water partition coefficient (Wildman–Crippen LogP) is -1.26. The molecule has 10 nitrogen and oxygen atoms in total. The van der Waals surface area contributed by atoms with E-state index in [0.717, 1.165) is 0 Å². The summed E-state index contributed by atoms with van der Waals surface area (Å²) in [4.78, 5) is 14.5. The number of imidazole rings is 1. The van der Waals surface area contributed by atoms with Gasteiger partial charge >= 0.3 is 0 Å². The van der Waals surface area contributed by atoms with Crippen LogP contribution in [-0.4, -0.2) is 75.9 Å². The van der Waals surface area contributed by atoms with Crippen LogP contribution < -0.4 is 10.6 Å². The fourth-order valence-electron chi connectivity index (χ4n) is 2.76. The normalized spacial score (nSPS) is 27.7. The molecule has 4 N–H and O–H groups in total. The molecule has 23 heavy (non-hydrogen) atoms. The summed E-state index contributed by atoms with van der Waals surface area (Å²) in [6, 6.07) is 0. The summed E-state index contributed by atoms with van der Waals surface area (Å²) >= 11 is 0. The molecule has 10 heteroatoms. The number of methoxy groups -OCH3 is 1. The van der Waals surface area contributed by atoms with E-state index in [0.29, 0.717) is 17.0 Å². The van der Waals surface area contributed by atoms with Gasteiger partial charge in [0.15, 0.2) is 23.2 Å². The molecule has 2 aromatic rings. The molecular weight excluding hydrogens is 304 g/mol. The van der Waals surface area contributed by atoms with Crippen LogP contribution >= 0.6 is 0 Å². The molecule has 3 rings (SSSR count). The van der Waals surface area contributed by atoms with Crippen LogP contribution in [0.25, 0.3) is 11.2 Å². The number of aliphatic hydroxyl groups excluding tert-OH is 2. The van der Waals surface area contributed by atoms with Crippen LogP contribution in [0.15, 0.2) is 6.33 Å². The minimum Gasteiger partial charge on any atom is -0.394 e. The molecule has 126 valence electrons. The van der Waals surface area contributed by atoms with Gasteiger partial charge in [0, 0.05) is 21.2 Å². The first-order chi connectivity index (χ1) is 11.0. The molecular formula is C13H20N6O4. The lowest BCUT2D eigenvalue weighted by molar-refractivity contribution is -0.0583. The van der Waals surface area contributed by atoms with E-state index in [1.165, 1.54) is 13.4 Å². The van der Waals surface area contributed by atoms with Gasteiger partial charge in [0.2, 0.25) is 5.95 Å². The molecule has 3 heterocycles. The van der Waals surface area contributed by atoms with Crippen molar-refractivity contribution in [1.82, 2.24) is 19.5 Å². The minimum absolute atomic E-state index is 0.106. The van der Waals surface area contributed by atoms with E-state index in [2.05, 4.69) is 15.0 Å². The maximum Gasteiger partial charge on any atom is 0.224 e. The summed E-state index contributed by atoms with van der Waals surface area (Å²) in [7, 11) is 5.13. The number of rotatable bonds is 4. The van der Waals surface area contributed by atoms with Gasteiger partial charge in [-0.2, -0.15) is 9.97 Å². The number of hydrogen-bond donors (Lipinski definition) is 3. The lowest BCUT2D eigenvalue weighted by Crippen LogP contribution is -2.34. The zero-order chi connectivity index (χ0) is 16.7. The molecule has 0 spiro atoms. The second-order valence-corrected chi connectivity index (χ2v) is 5.56. The van der Waals surface area contributed by atoms with Gasteiger partial charge in [0.05, 0.1) is 12.9 Å². The Labute approximate surface area is 132 Å². The Morgan fingerprint density at radius 3 is 2.78 bits per heavy atom. The Morgan fingerprint density at radius 2 is 2.17 bits per heavy atom. The molecule has 1 fully saturated rings. The van der Waals surface area contributed by atoms with Crippen molar-refractivity contribution in [2.24, 2.45) is 0 Å². The smallest absolute Gasteiger partial charge is 0.224 e. The van der Waals surface area contributed by atoms with Crippen molar-refractivity contribution in [2.75, 3.05) is 38.4 Å². The van der Waals surface area contributed by atoms with E-state index in [1.54, 1.807) is 9.47 Å². The Kier molecular flexibility index (Phi) is 4.06. The highest BCUT2D eigenvalue weighted by Gasteiger charge is 2.45. The summed E-state index contributed by atoms with van der Waals surface area (Å²) in [5, 5.41) is 19.5. The second-order valence-electron chi connectivity index (χ2n) is 5.56. The van der Waals surface area contributed by atoms with Crippen LogP contribution in [0, 0.1) is 0 Å². The molecule has 0 amide bonds. The van der Waals surface area contributed by atoms with E-state index < -0.39 is 24.5 Å². The van der Waals surface area contributed by atoms with Gasteiger partial charge < -0.3 is 30.3 Å². The second kappa shape index (κ2) is 5.89. The molecule has 4 atom stereocenters. The quantitative estimate of drug-likeness (QED) is 0.630. The molecule has 0 aromatic carbocycles. The summed E-state index contributed by atoms with van der Waals surface area (Å²) in [5.41, 5.74) is 6.82. The zero-order valence-electron chi connectivity index (χ0n) is 13.1. The lowest BCUT2D eigenvalue weighted by atomic mass is 10.1. The Hall–Kier alpha value is -2.01. The molecule has 0 bridgehead atoms. The van der Waals surface area contributed by atoms with Crippen molar-refractivity contribution < 1.29 is 19.7 Å². The van der Waals surface area contributed by atoms with E-state index in [1.807, 2.05) is 14.1 Å². The summed E-state index contributed by atoms with van der Waals surface area (Å²) < 4.78 is 12.7. The number of nitrogens with two attached hydrogens (primary N) is 1. The molecule has 0 unspecified atom stereocenters. The highest BCUT2D eigenvalue weighted by Crippen LogP contribution is 2.34. The molecule has 2 aromatic heterocycles. The number of anilines is 2. The van der Waals surface area contributed by atoms with Crippen molar-refractivity contribution in [3.8, 4) is 0 Å². The van der Waals surface area contributed by atoms with Gasteiger partial charge in [-0.05, 0) is 0 Å². The monoisotopic (exact) mass is 324 g/mol. The van der Waals surface area contributed by atoms with E-state index >= 15 is 0 Å². The molecule has 1 aliphatic heterocycles. The molecule has 1 saturated heterocycles. The average Bonchev–Trinajstić information content (AvgIpc) is 3.06. The van der Waals surface area contributed by atoms with E-state index in [9.17, 15) is 10.2 Å². The van der Waals surface area contributed by atoms with Crippen LogP contribution in [0.3, 0.4) is 0 Å². The number of fused-ring (bicyclic) bond motifs is 1. The van der Waals surface area contributed by atoms with Crippen molar-refractivity contribution in [2.45, 2.75) is 24.5 Å². The highest BCUT2D eigenvalue weighted by molar-refractivity contribution is 5.84. The number of hydrogen-bond acceptors (Lipinski definition) is 9. The van der Waals surface area contributed by atoms with Gasteiger partial charge in [-0.1, -0.05) is 0 Å². The predicted molar refractivity (Wildman–Crippen MR) is 81.9 cm³/mol. The zero-order valence-corrected chi connectivity index (χ0v) is 13.1. The summed E-state index contributed by atoms with van der Waals surface area (Å²) in [5.74, 6) is 0.687. The number of aromatic nitrogens is 4. The first-order valence-corrected chi connectivity index (χ1v) is 7.12. The number of aliphatic hydroxyl groups is 2. The van der Waals surface area contributed by atoms with Crippen LogP contribution in [0.1, 0.15) is 6.23 Å². The number of nitrogens with zero attached hydrogens (tertiary/aromatic N) is 5. The summed E-state index contributed by atoms with van der Waals surface area (Å²) in [6.45, 7) is -0.315. The maximum atomic E-state index is 10.2. The van der Waals surface area contributed by atoms with Gasteiger partial charge in [-0.15, -0.1) is 0 Å². The van der Waals surface area contributed by atoms with Gasteiger partial charge in [0.25, 0.3) is 0 Å². The van der Waals surface area contributed by atoms with Gasteiger partial charge in [-0.25, -0.2) is 4.98 Å². The van der Waals surface area contributed by atoms with Crippen LogP contribution in [0.4, 0.5) is 11.8 Å². The van der Waals surface area contributed by atoms with Crippen molar-refractivity contribution in [3.63, 3.8) is 0 Å². The topological polar surface area (TPSA) is 132 Å². The molecule has 1 aliphatic rings. The standard InChI is InChI=1S/C13H20N6O4/c1-18(2)10-7-11(17-13(14)16-10)19(5-15-7)12-9(22-3)8(21)6(4-20)23-12/h5-6,8-9,12,20-21H,4H2,1-3H3,(H2,14,16,17)/t6-,8-,9-,12-/m1/s1.